The molecule has 1 aromatic carbocycles. The number of halogens is 1. The van der Waals surface area contributed by atoms with Crippen LogP contribution < -0.4 is 5.32 Å². The second-order valence-electron chi connectivity index (χ2n) is 6.63. The summed E-state index contributed by atoms with van der Waals surface area (Å²) in [6.45, 7) is 4.45. The van der Waals surface area contributed by atoms with Crippen LogP contribution >= 0.6 is 23.4 Å². The van der Waals surface area contributed by atoms with Gasteiger partial charge in [0, 0.05) is 17.0 Å². The number of carbonyl (C=O) groups is 1. The third-order valence-electron chi connectivity index (χ3n) is 5.20. The van der Waals surface area contributed by atoms with Crippen LogP contribution in [0.15, 0.2) is 44.9 Å². The monoisotopic (exact) mass is 377 g/mol. The molecule has 0 aliphatic carbocycles. The second-order valence-corrected chi connectivity index (χ2v) is 8.08. The maximum atomic E-state index is 12.5. The fourth-order valence-corrected chi connectivity index (χ4v) is 4.81. The number of rotatable bonds is 4. The maximum absolute atomic E-state index is 12.5. The van der Waals surface area contributed by atoms with Crippen LogP contribution in [0.3, 0.4) is 0 Å². The number of hydrogen-bond acceptors (Lipinski definition) is 5. The van der Waals surface area contributed by atoms with Crippen LogP contribution in [0.2, 0.25) is 5.02 Å². The molecular formula is C18H20ClN3O2S. The van der Waals surface area contributed by atoms with Gasteiger partial charge in [0.2, 0.25) is 0 Å². The molecule has 7 heteroatoms. The number of nitrogens with one attached hydrogen (secondary N) is 1. The van der Waals surface area contributed by atoms with Crippen molar-refractivity contribution in [2.24, 2.45) is 5.92 Å². The fraction of sp³-hybridized carbons (Fsp3) is 0.444. The lowest BCUT2D eigenvalue weighted by molar-refractivity contribution is 0.0209. The minimum Gasteiger partial charge on any atom is -0.425 e. The summed E-state index contributed by atoms with van der Waals surface area (Å²) in [5, 5.41) is 4.34. The SMILES string of the molecule is C[C@H]1[C@H](NC(=O)c2ncc(Sc3ccccc3Cl)o2)C2CCN1CC2. The highest BCUT2D eigenvalue weighted by Crippen LogP contribution is 2.34. The zero-order chi connectivity index (χ0) is 17.4. The van der Waals surface area contributed by atoms with Gasteiger partial charge in [0.25, 0.3) is 5.89 Å². The van der Waals surface area contributed by atoms with Gasteiger partial charge < -0.3 is 9.73 Å². The second kappa shape index (κ2) is 7.02. The highest BCUT2D eigenvalue weighted by atomic mass is 35.5. The Morgan fingerprint density at radius 1 is 1.36 bits per heavy atom. The van der Waals surface area contributed by atoms with Gasteiger partial charge in [-0.1, -0.05) is 23.7 Å². The zero-order valence-electron chi connectivity index (χ0n) is 13.9. The van der Waals surface area contributed by atoms with Gasteiger partial charge in [-0.15, -0.1) is 0 Å². The average molecular weight is 378 g/mol. The Labute approximate surface area is 156 Å². The van der Waals surface area contributed by atoms with E-state index in [1.807, 2.05) is 24.3 Å². The summed E-state index contributed by atoms with van der Waals surface area (Å²) in [4.78, 5) is 20.0. The average Bonchev–Trinajstić information content (AvgIpc) is 3.09. The van der Waals surface area contributed by atoms with Crippen molar-refractivity contribution in [2.45, 2.75) is 41.8 Å². The van der Waals surface area contributed by atoms with Gasteiger partial charge in [-0.3, -0.25) is 9.69 Å². The summed E-state index contributed by atoms with van der Waals surface area (Å²) in [6, 6.07) is 8.05. The molecular weight excluding hydrogens is 358 g/mol. The van der Waals surface area contributed by atoms with Crippen molar-refractivity contribution in [3.63, 3.8) is 0 Å². The summed E-state index contributed by atoms with van der Waals surface area (Å²) in [5.41, 5.74) is 0. The molecule has 1 amide bonds. The van der Waals surface area contributed by atoms with Crippen LogP contribution in [-0.4, -0.2) is 41.0 Å². The smallest absolute Gasteiger partial charge is 0.307 e. The Balaban J connectivity index is 1.43. The van der Waals surface area contributed by atoms with Crippen molar-refractivity contribution in [1.82, 2.24) is 15.2 Å². The first-order valence-electron chi connectivity index (χ1n) is 8.55. The number of piperidine rings is 3. The number of nitrogens with zero attached hydrogens (tertiary/aromatic N) is 2. The third-order valence-corrected chi connectivity index (χ3v) is 6.61. The van der Waals surface area contributed by atoms with Crippen LogP contribution in [0, 0.1) is 5.92 Å². The molecule has 5 rings (SSSR count). The quantitative estimate of drug-likeness (QED) is 0.880. The van der Waals surface area contributed by atoms with Crippen molar-refractivity contribution in [1.29, 1.82) is 0 Å². The zero-order valence-corrected chi connectivity index (χ0v) is 15.5. The van der Waals surface area contributed by atoms with E-state index in [4.69, 9.17) is 16.0 Å². The van der Waals surface area contributed by atoms with Crippen molar-refractivity contribution in [2.75, 3.05) is 13.1 Å². The van der Waals surface area contributed by atoms with Gasteiger partial charge in [0.1, 0.15) is 0 Å². The fourth-order valence-electron chi connectivity index (χ4n) is 3.81. The molecule has 2 atom stereocenters. The van der Waals surface area contributed by atoms with E-state index in [1.54, 1.807) is 6.20 Å². The largest absolute Gasteiger partial charge is 0.425 e. The first-order chi connectivity index (χ1) is 12.1. The van der Waals surface area contributed by atoms with E-state index >= 15 is 0 Å². The summed E-state index contributed by atoms with van der Waals surface area (Å²) in [6.07, 6.45) is 3.87. The molecule has 132 valence electrons. The lowest BCUT2D eigenvalue weighted by atomic mass is 9.79. The maximum Gasteiger partial charge on any atom is 0.307 e. The van der Waals surface area contributed by atoms with E-state index in [2.05, 4.69) is 22.1 Å². The van der Waals surface area contributed by atoms with Gasteiger partial charge >= 0.3 is 5.91 Å². The topological polar surface area (TPSA) is 58.4 Å². The summed E-state index contributed by atoms with van der Waals surface area (Å²) in [7, 11) is 0. The molecule has 5 nitrogen and oxygen atoms in total. The Bertz CT molecular complexity index is 771. The first-order valence-corrected chi connectivity index (χ1v) is 9.74. The lowest BCUT2D eigenvalue weighted by Gasteiger charge is -2.49. The summed E-state index contributed by atoms with van der Waals surface area (Å²) >= 11 is 7.52. The number of oxazole rings is 1. The highest BCUT2D eigenvalue weighted by Gasteiger charge is 2.40. The molecule has 1 aromatic heterocycles. The van der Waals surface area contributed by atoms with Crippen molar-refractivity contribution >= 4 is 29.3 Å². The van der Waals surface area contributed by atoms with Crippen molar-refractivity contribution in [3.8, 4) is 0 Å². The number of aromatic nitrogens is 1. The molecule has 3 aliphatic rings. The predicted octanol–water partition coefficient (Wildman–Crippen LogP) is 3.69. The number of amides is 1. The van der Waals surface area contributed by atoms with E-state index < -0.39 is 0 Å². The normalized spacial score (nSPS) is 28.1. The minimum absolute atomic E-state index is 0.109. The highest BCUT2D eigenvalue weighted by molar-refractivity contribution is 7.99. The van der Waals surface area contributed by atoms with Gasteiger partial charge in [-0.2, -0.15) is 0 Å². The van der Waals surface area contributed by atoms with Gasteiger partial charge in [0.15, 0.2) is 5.09 Å². The van der Waals surface area contributed by atoms with Crippen LogP contribution in [0.25, 0.3) is 0 Å². The summed E-state index contributed by atoms with van der Waals surface area (Å²) in [5.74, 6) is 0.422. The van der Waals surface area contributed by atoms with E-state index in [1.165, 1.54) is 11.8 Å². The lowest BCUT2D eigenvalue weighted by Crippen LogP contribution is -2.62. The van der Waals surface area contributed by atoms with Crippen LogP contribution in [-0.2, 0) is 0 Å². The molecule has 2 bridgehead atoms. The van der Waals surface area contributed by atoms with Crippen molar-refractivity contribution in [3.05, 3.63) is 41.4 Å². The number of fused-ring (bicyclic) bond motifs is 3. The van der Waals surface area contributed by atoms with Crippen LogP contribution in [0.1, 0.15) is 30.5 Å². The Kier molecular flexibility index (Phi) is 4.75. The standard InChI is InChI=1S/C18H20ClN3O2S/c1-11-16(12-6-8-22(11)9-7-12)21-17(23)18-20-10-15(24-18)25-14-5-3-2-4-13(14)19/h2-5,10-12,16H,6-9H2,1H3,(H,21,23)/t11-,16-/m0/s1. The van der Waals surface area contributed by atoms with E-state index in [0.717, 1.165) is 30.8 Å². The molecule has 0 unspecified atom stereocenters. The Hall–Kier alpha value is -1.50. The number of carbonyl (C=O) groups excluding carboxylic acids is 1. The van der Waals surface area contributed by atoms with Crippen LogP contribution in [0.5, 0.6) is 0 Å². The number of hydrogen-bond donors (Lipinski definition) is 1. The molecule has 0 radical (unpaired) electrons. The van der Waals surface area contributed by atoms with Crippen LogP contribution in [0.4, 0.5) is 0 Å². The molecule has 3 aliphatic heterocycles. The predicted molar refractivity (Wildman–Crippen MR) is 97.1 cm³/mol. The Morgan fingerprint density at radius 3 is 2.84 bits per heavy atom. The van der Waals surface area contributed by atoms with Gasteiger partial charge in [-0.05, 0) is 62.7 Å². The number of benzene rings is 1. The molecule has 0 saturated carbocycles. The van der Waals surface area contributed by atoms with Gasteiger partial charge in [-0.25, -0.2) is 4.98 Å². The first kappa shape index (κ1) is 16.9. The summed E-state index contributed by atoms with van der Waals surface area (Å²) < 4.78 is 5.63. The Morgan fingerprint density at radius 2 is 2.12 bits per heavy atom. The van der Waals surface area contributed by atoms with Crippen molar-refractivity contribution < 1.29 is 9.21 Å². The van der Waals surface area contributed by atoms with E-state index in [9.17, 15) is 4.79 Å². The molecule has 2 aromatic rings. The third kappa shape index (κ3) is 3.43. The molecule has 4 heterocycles. The molecule has 25 heavy (non-hydrogen) atoms. The van der Waals surface area contributed by atoms with Gasteiger partial charge in [0.05, 0.1) is 11.2 Å². The van der Waals surface area contributed by atoms with E-state index in [-0.39, 0.29) is 17.8 Å². The minimum atomic E-state index is -0.239. The molecule has 1 N–H and O–H groups in total. The van der Waals surface area contributed by atoms with E-state index in [0.29, 0.717) is 22.1 Å². The molecule has 3 saturated heterocycles. The molecule has 3 fully saturated rings. The molecule has 0 spiro atoms.